The molecule has 2 aliphatic rings. The van der Waals surface area contributed by atoms with Crippen molar-refractivity contribution in [3.8, 4) is 0 Å². The zero-order chi connectivity index (χ0) is 11.7. The van der Waals surface area contributed by atoms with E-state index in [0.29, 0.717) is 6.04 Å². The summed E-state index contributed by atoms with van der Waals surface area (Å²) in [6.45, 7) is 3.04. The first-order valence-electron chi connectivity index (χ1n) is 6.64. The molecule has 0 radical (unpaired) electrons. The molecule has 4 nitrogen and oxygen atoms in total. The standard InChI is InChI=1S/C13H21N3O/c1-17-8-6-13-10-15(11-3-2-4-11)9-12-5-7-14-16(12)13/h5,7,11,13H,2-4,6,8-10H2,1H3. The first-order chi connectivity index (χ1) is 8.38. The lowest BCUT2D eigenvalue weighted by atomic mass is 9.90. The Balaban J connectivity index is 1.74. The Hall–Kier alpha value is -0.870. The molecule has 0 saturated heterocycles. The summed E-state index contributed by atoms with van der Waals surface area (Å²) in [5, 5.41) is 4.46. The quantitative estimate of drug-likeness (QED) is 0.797. The maximum absolute atomic E-state index is 5.21. The van der Waals surface area contributed by atoms with Crippen molar-refractivity contribution in [3.63, 3.8) is 0 Å². The van der Waals surface area contributed by atoms with Gasteiger partial charge in [0, 0.05) is 39.0 Å². The minimum absolute atomic E-state index is 0.495. The fourth-order valence-electron chi connectivity index (χ4n) is 2.91. The first-order valence-corrected chi connectivity index (χ1v) is 6.64. The predicted molar refractivity (Wildman–Crippen MR) is 65.8 cm³/mol. The van der Waals surface area contributed by atoms with E-state index >= 15 is 0 Å². The monoisotopic (exact) mass is 235 g/mol. The van der Waals surface area contributed by atoms with Crippen LogP contribution in [-0.4, -0.2) is 41.0 Å². The molecule has 1 aromatic rings. The number of ether oxygens (including phenoxy) is 1. The van der Waals surface area contributed by atoms with Crippen LogP contribution in [0.2, 0.25) is 0 Å². The van der Waals surface area contributed by atoms with Gasteiger partial charge in [-0.1, -0.05) is 6.42 Å². The Morgan fingerprint density at radius 2 is 2.35 bits per heavy atom. The number of fused-ring (bicyclic) bond motifs is 1. The highest BCUT2D eigenvalue weighted by atomic mass is 16.5. The van der Waals surface area contributed by atoms with E-state index in [0.717, 1.165) is 32.2 Å². The molecule has 0 N–H and O–H groups in total. The van der Waals surface area contributed by atoms with Crippen molar-refractivity contribution in [2.75, 3.05) is 20.3 Å². The van der Waals surface area contributed by atoms with E-state index in [1.54, 1.807) is 7.11 Å². The second-order valence-electron chi connectivity index (χ2n) is 5.22. The van der Waals surface area contributed by atoms with Crippen molar-refractivity contribution in [1.29, 1.82) is 0 Å². The minimum atomic E-state index is 0.495. The van der Waals surface area contributed by atoms with Crippen LogP contribution < -0.4 is 0 Å². The normalized spacial score (nSPS) is 25.6. The van der Waals surface area contributed by atoms with E-state index in [2.05, 4.69) is 20.7 Å². The number of hydrogen-bond acceptors (Lipinski definition) is 3. The van der Waals surface area contributed by atoms with Crippen molar-refractivity contribution >= 4 is 0 Å². The molecule has 1 saturated carbocycles. The topological polar surface area (TPSA) is 30.3 Å². The summed E-state index contributed by atoms with van der Waals surface area (Å²) in [6, 6.07) is 3.47. The van der Waals surface area contributed by atoms with E-state index in [1.165, 1.54) is 25.0 Å². The van der Waals surface area contributed by atoms with Gasteiger partial charge in [-0.2, -0.15) is 5.10 Å². The van der Waals surface area contributed by atoms with Gasteiger partial charge in [0.25, 0.3) is 0 Å². The third kappa shape index (κ3) is 2.11. The van der Waals surface area contributed by atoms with Gasteiger partial charge in [0.1, 0.15) is 0 Å². The maximum Gasteiger partial charge on any atom is 0.0672 e. The summed E-state index contributed by atoms with van der Waals surface area (Å²) in [6.07, 6.45) is 7.16. The lowest BCUT2D eigenvalue weighted by molar-refractivity contribution is 0.0636. The van der Waals surface area contributed by atoms with Gasteiger partial charge in [0.15, 0.2) is 0 Å². The highest BCUT2D eigenvalue weighted by molar-refractivity contribution is 5.06. The van der Waals surface area contributed by atoms with Gasteiger partial charge in [-0.15, -0.1) is 0 Å². The zero-order valence-electron chi connectivity index (χ0n) is 10.5. The number of methoxy groups -OCH3 is 1. The summed E-state index contributed by atoms with van der Waals surface area (Å²) >= 11 is 0. The molecular weight excluding hydrogens is 214 g/mol. The Labute approximate surface area is 103 Å². The smallest absolute Gasteiger partial charge is 0.0672 e. The predicted octanol–water partition coefficient (Wildman–Crippen LogP) is 1.83. The van der Waals surface area contributed by atoms with Crippen molar-refractivity contribution in [2.24, 2.45) is 0 Å². The third-order valence-electron chi connectivity index (χ3n) is 4.15. The Morgan fingerprint density at radius 1 is 1.47 bits per heavy atom. The van der Waals surface area contributed by atoms with Crippen LogP contribution in [0.4, 0.5) is 0 Å². The van der Waals surface area contributed by atoms with Gasteiger partial charge in [-0.25, -0.2) is 0 Å². The van der Waals surface area contributed by atoms with Crippen molar-refractivity contribution in [2.45, 2.75) is 44.3 Å². The summed E-state index contributed by atoms with van der Waals surface area (Å²) in [4.78, 5) is 2.64. The van der Waals surface area contributed by atoms with Crippen LogP contribution in [0, 0.1) is 0 Å². The van der Waals surface area contributed by atoms with Gasteiger partial charge in [-0.3, -0.25) is 9.58 Å². The molecule has 1 aliphatic heterocycles. The maximum atomic E-state index is 5.21. The third-order valence-corrected chi connectivity index (χ3v) is 4.15. The number of aromatic nitrogens is 2. The molecule has 94 valence electrons. The lowest BCUT2D eigenvalue weighted by Gasteiger charge is -2.42. The van der Waals surface area contributed by atoms with Crippen molar-refractivity contribution < 1.29 is 4.74 Å². The number of nitrogens with zero attached hydrogens (tertiary/aromatic N) is 3. The highest BCUT2D eigenvalue weighted by Gasteiger charge is 2.32. The van der Waals surface area contributed by atoms with Crippen LogP contribution in [-0.2, 0) is 11.3 Å². The van der Waals surface area contributed by atoms with Crippen LogP contribution in [0.3, 0.4) is 0 Å². The Morgan fingerprint density at radius 3 is 3.06 bits per heavy atom. The summed E-state index contributed by atoms with van der Waals surface area (Å²) in [5.41, 5.74) is 1.37. The molecule has 0 bridgehead atoms. The molecule has 2 heterocycles. The summed E-state index contributed by atoms with van der Waals surface area (Å²) in [7, 11) is 1.77. The van der Waals surface area contributed by atoms with E-state index in [-0.39, 0.29) is 0 Å². The average molecular weight is 235 g/mol. The molecule has 0 spiro atoms. The van der Waals surface area contributed by atoms with Crippen LogP contribution in [0.15, 0.2) is 12.3 Å². The number of rotatable bonds is 4. The summed E-state index contributed by atoms with van der Waals surface area (Å²) < 4.78 is 7.42. The highest BCUT2D eigenvalue weighted by Crippen LogP contribution is 2.31. The van der Waals surface area contributed by atoms with E-state index in [9.17, 15) is 0 Å². The Kier molecular flexibility index (Phi) is 3.16. The molecule has 1 aliphatic carbocycles. The fraction of sp³-hybridized carbons (Fsp3) is 0.769. The van der Waals surface area contributed by atoms with E-state index in [1.807, 2.05) is 6.20 Å². The van der Waals surface area contributed by atoms with Gasteiger partial charge >= 0.3 is 0 Å². The van der Waals surface area contributed by atoms with Crippen LogP contribution in [0.5, 0.6) is 0 Å². The lowest BCUT2D eigenvalue weighted by Crippen LogP contribution is -2.46. The van der Waals surface area contributed by atoms with Crippen molar-refractivity contribution in [1.82, 2.24) is 14.7 Å². The number of hydrogen-bond donors (Lipinski definition) is 0. The molecule has 4 heteroatoms. The van der Waals surface area contributed by atoms with E-state index < -0.39 is 0 Å². The molecule has 3 rings (SSSR count). The zero-order valence-corrected chi connectivity index (χ0v) is 10.5. The average Bonchev–Trinajstić information content (AvgIpc) is 2.71. The van der Waals surface area contributed by atoms with Crippen LogP contribution in [0.1, 0.15) is 37.4 Å². The molecular formula is C13H21N3O. The molecule has 1 atom stereocenters. The van der Waals surface area contributed by atoms with Gasteiger partial charge in [-0.05, 0) is 25.3 Å². The van der Waals surface area contributed by atoms with E-state index in [4.69, 9.17) is 4.74 Å². The van der Waals surface area contributed by atoms with Gasteiger partial charge < -0.3 is 4.74 Å². The molecule has 1 fully saturated rings. The Bertz CT molecular complexity index is 372. The molecule has 1 aromatic heterocycles. The first kappa shape index (κ1) is 11.2. The molecule has 1 unspecified atom stereocenters. The fourth-order valence-corrected chi connectivity index (χ4v) is 2.91. The second kappa shape index (κ2) is 4.78. The second-order valence-corrected chi connectivity index (χ2v) is 5.22. The van der Waals surface area contributed by atoms with Crippen LogP contribution in [0.25, 0.3) is 0 Å². The van der Waals surface area contributed by atoms with Crippen molar-refractivity contribution in [3.05, 3.63) is 18.0 Å². The van der Waals surface area contributed by atoms with Crippen LogP contribution >= 0.6 is 0 Å². The molecule has 17 heavy (non-hydrogen) atoms. The van der Waals surface area contributed by atoms with Gasteiger partial charge in [0.2, 0.25) is 0 Å². The SMILES string of the molecule is COCCC1CN(C2CCC2)Cc2ccnn21. The minimum Gasteiger partial charge on any atom is -0.385 e. The molecule has 0 aromatic carbocycles. The largest absolute Gasteiger partial charge is 0.385 e. The van der Waals surface area contributed by atoms with Gasteiger partial charge in [0.05, 0.1) is 11.7 Å². The molecule has 0 amide bonds. The summed E-state index contributed by atoms with van der Waals surface area (Å²) in [5.74, 6) is 0.